The zero-order valence-electron chi connectivity index (χ0n) is 21.0. The van der Waals surface area contributed by atoms with E-state index in [1.54, 1.807) is 49.6 Å². The van der Waals surface area contributed by atoms with Crippen molar-refractivity contribution in [2.45, 2.75) is 0 Å². The van der Waals surface area contributed by atoms with E-state index in [-0.39, 0.29) is 11.5 Å². The first kappa shape index (κ1) is 28.1. The molecule has 3 aromatic heterocycles. The highest BCUT2D eigenvalue weighted by Crippen LogP contribution is 2.33. The standard InChI is InChI=1S/C24H23Cl2N7O2S.CH5N/c1-32-22-15(13-16(23(32)34)21-17(25)3-2-4-18(21)26)14-27-24(29-22)28-19-5-6-20(31-30-19)35-10-7-33-8-11-36-12-9-33;1-2/h2-6,13-14H,7-12H2,1H3,(H,27,28,29,30);2H2,1H3. The number of nitrogens with two attached hydrogens (primary N) is 1. The average molecular weight is 576 g/mol. The molecule has 0 saturated carbocycles. The molecule has 1 aliphatic heterocycles. The first-order chi connectivity index (χ1) is 18.5. The van der Waals surface area contributed by atoms with Crippen molar-refractivity contribution in [3.63, 3.8) is 0 Å². The highest BCUT2D eigenvalue weighted by atomic mass is 35.5. The van der Waals surface area contributed by atoms with Gasteiger partial charge in [0.25, 0.3) is 5.56 Å². The molecule has 0 radical (unpaired) electrons. The molecular weight excluding hydrogens is 547 g/mol. The Hall–Kier alpha value is -2.96. The van der Waals surface area contributed by atoms with Gasteiger partial charge in [-0.3, -0.25) is 14.3 Å². The van der Waals surface area contributed by atoms with Crippen molar-refractivity contribution < 1.29 is 4.74 Å². The Kier molecular flexibility index (Phi) is 9.75. The summed E-state index contributed by atoms with van der Waals surface area (Å²) in [6.07, 6.45) is 1.63. The number of hydrogen-bond acceptors (Lipinski definition) is 10. The van der Waals surface area contributed by atoms with Gasteiger partial charge in [0.15, 0.2) is 5.82 Å². The monoisotopic (exact) mass is 574 g/mol. The second-order valence-electron chi connectivity index (χ2n) is 8.18. The van der Waals surface area contributed by atoms with E-state index in [2.05, 4.69) is 36.1 Å². The van der Waals surface area contributed by atoms with Gasteiger partial charge >= 0.3 is 0 Å². The number of rotatable bonds is 7. The topological polar surface area (TPSA) is 124 Å². The van der Waals surface area contributed by atoms with Crippen LogP contribution in [0.25, 0.3) is 22.2 Å². The van der Waals surface area contributed by atoms with Crippen molar-refractivity contribution in [1.82, 2.24) is 29.6 Å². The number of nitrogens with one attached hydrogen (secondary N) is 1. The lowest BCUT2D eigenvalue weighted by molar-refractivity contribution is 0.216. The first-order valence-corrected chi connectivity index (χ1v) is 13.8. The van der Waals surface area contributed by atoms with Gasteiger partial charge in [-0.05, 0) is 31.3 Å². The number of pyridine rings is 1. The van der Waals surface area contributed by atoms with Crippen LogP contribution in [0.1, 0.15) is 0 Å². The minimum atomic E-state index is -0.272. The fourth-order valence-corrected chi connectivity index (χ4v) is 5.50. The van der Waals surface area contributed by atoms with Crippen LogP contribution in [0.3, 0.4) is 0 Å². The summed E-state index contributed by atoms with van der Waals surface area (Å²) in [7, 11) is 3.14. The van der Waals surface area contributed by atoms with Crippen LogP contribution in [-0.4, -0.2) is 74.4 Å². The summed E-state index contributed by atoms with van der Waals surface area (Å²) < 4.78 is 7.17. The molecule has 38 heavy (non-hydrogen) atoms. The Morgan fingerprint density at radius 3 is 2.53 bits per heavy atom. The van der Waals surface area contributed by atoms with E-state index < -0.39 is 0 Å². The molecule has 200 valence electrons. The van der Waals surface area contributed by atoms with Gasteiger partial charge in [0.1, 0.15) is 12.3 Å². The maximum atomic E-state index is 13.1. The number of ether oxygens (including phenoxy) is 1. The molecule has 1 fully saturated rings. The lowest BCUT2D eigenvalue weighted by Crippen LogP contribution is -2.35. The Bertz CT molecular complexity index is 1430. The lowest BCUT2D eigenvalue weighted by atomic mass is 10.1. The van der Waals surface area contributed by atoms with Crippen molar-refractivity contribution in [3.05, 3.63) is 63.0 Å². The number of nitrogens with zero attached hydrogens (tertiary/aromatic N) is 6. The molecule has 0 bridgehead atoms. The van der Waals surface area contributed by atoms with E-state index in [4.69, 9.17) is 27.9 Å². The van der Waals surface area contributed by atoms with Crippen LogP contribution in [0.15, 0.2) is 47.4 Å². The highest BCUT2D eigenvalue weighted by molar-refractivity contribution is 7.99. The van der Waals surface area contributed by atoms with Crippen LogP contribution in [0.5, 0.6) is 5.88 Å². The first-order valence-electron chi connectivity index (χ1n) is 11.9. The molecule has 1 saturated heterocycles. The second kappa shape index (κ2) is 13.2. The third-order valence-electron chi connectivity index (χ3n) is 5.82. The average Bonchev–Trinajstić information content (AvgIpc) is 2.94. The molecule has 4 aromatic rings. The van der Waals surface area contributed by atoms with E-state index in [9.17, 15) is 4.79 Å². The molecule has 1 aliphatic rings. The van der Waals surface area contributed by atoms with Crippen LogP contribution >= 0.6 is 35.0 Å². The largest absolute Gasteiger partial charge is 0.475 e. The van der Waals surface area contributed by atoms with E-state index in [1.807, 2.05) is 11.8 Å². The lowest BCUT2D eigenvalue weighted by Gasteiger charge is -2.25. The minimum Gasteiger partial charge on any atom is -0.475 e. The maximum Gasteiger partial charge on any atom is 0.259 e. The number of hydrogen-bond donors (Lipinski definition) is 2. The van der Waals surface area contributed by atoms with Crippen LogP contribution in [-0.2, 0) is 7.05 Å². The molecule has 4 heterocycles. The zero-order valence-corrected chi connectivity index (χ0v) is 23.4. The van der Waals surface area contributed by atoms with Crippen molar-refractivity contribution in [1.29, 1.82) is 0 Å². The van der Waals surface area contributed by atoms with Gasteiger partial charge in [0.05, 0.1) is 15.6 Å². The summed E-state index contributed by atoms with van der Waals surface area (Å²) >= 11 is 14.6. The fourth-order valence-electron chi connectivity index (χ4n) is 3.92. The number of halogens is 2. The quantitative estimate of drug-likeness (QED) is 0.336. The Balaban J connectivity index is 0.00000164. The molecule has 13 heteroatoms. The minimum absolute atomic E-state index is 0.272. The van der Waals surface area contributed by atoms with E-state index in [1.165, 1.54) is 23.1 Å². The second-order valence-corrected chi connectivity index (χ2v) is 10.2. The smallest absolute Gasteiger partial charge is 0.259 e. The van der Waals surface area contributed by atoms with Gasteiger partial charge < -0.3 is 15.8 Å². The van der Waals surface area contributed by atoms with Crippen LogP contribution < -0.4 is 21.3 Å². The molecule has 5 rings (SSSR count). The van der Waals surface area contributed by atoms with Crippen molar-refractivity contribution in [3.8, 4) is 17.0 Å². The van der Waals surface area contributed by atoms with Gasteiger partial charge in [-0.25, -0.2) is 4.98 Å². The molecule has 1 aromatic carbocycles. The Morgan fingerprint density at radius 1 is 1.11 bits per heavy atom. The van der Waals surface area contributed by atoms with Gasteiger partial charge in [-0.15, -0.1) is 10.2 Å². The molecule has 0 unspecified atom stereocenters. The fraction of sp³-hybridized carbons (Fsp3) is 0.320. The van der Waals surface area contributed by atoms with Crippen molar-refractivity contribution in [2.24, 2.45) is 12.8 Å². The summed E-state index contributed by atoms with van der Waals surface area (Å²) in [5, 5.41) is 12.8. The number of benzene rings is 1. The van der Waals surface area contributed by atoms with Gasteiger partial charge in [-0.1, -0.05) is 29.3 Å². The molecule has 10 nitrogen and oxygen atoms in total. The number of anilines is 2. The Labute approximate surface area is 234 Å². The third kappa shape index (κ3) is 6.54. The maximum absolute atomic E-state index is 13.1. The van der Waals surface area contributed by atoms with Crippen LogP contribution in [0, 0.1) is 0 Å². The SMILES string of the molecule is CN.Cn1c(=O)c(-c2c(Cl)cccc2Cl)cc2cnc(Nc3ccc(OCCN4CCSCC4)nn3)nc21. The molecule has 0 spiro atoms. The predicted molar refractivity (Wildman–Crippen MR) is 155 cm³/mol. The van der Waals surface area contributed by atoms with Crippen molar-refractivity contribution in [2.75, 3.05) is 50.1 Å². The normalized spacial score (nSPS) is 13.6. The van der Waals surface area contributed by atoms with Crippen LogP contribution in [0.2, 0.25) is 10.0 Å². The number of aryl methyl sites for hydroxylation is 1. The van der Waals surface area contributed by atoms with Gasteiger partial charge in [0.2, 0.25) is 11.8 Å². The van der Waals surface area contributed by atoms with Crippen molar-refractivity contribution >= 4 is 57.8 Å². The zero-order chi connectivity index (χ0) is 27.1. The summed E-state index contributed by atoms with van der Waals surface area (Å²) in [6, 6.07) is 10.3. The highest BCUT2D eigenvalue weighted by Gasteiger charge is 2.16. The van der Waals surface area contributed by atoms with E-state index >= 15 is 0 Å². The Morgan fingerprint density at radius 2 is 1.84 bits per heavy atom. The van der Waals surface area contributed by atoms with E-state index in [0.717, 1.165) is 19.6 Å². The van der Waals surface area contributed by atoms with E-state index in [0.29, 0.717) is 50.5 Å². The molecule has 0 aliphatic carbocycles. The number of thioether (sulfide) groups is 1. The predicted octanol–water partition coefficient (Wildman–Crippen LogP) is 3.84. The van der Waals surface area contributed by atoms with Gasteiger partial charge in [0, 0.05) is 61.4 Å². The molecule has 0 amide bonds. The molecular formula is C25H28Cl2N8O2S. The number of fused-ring (bicyclic) bond motifs is 1. The summed E-state index contributed by atoms with van der Waals surface area (Å²) in [5.41, 5.74) is 5.55. The number of aromatic nitrogens is 5. The summed E-state index contributed by atoms with van der Waals surface area (Å²) in [5.74, 6) is 3.54. The molecule has 0 atom stereocenters. The molecule has 3 N–H and O–H groups in total. The van der Waals surface area contributed by atoms with Crippen LogP contribution in [0.4, 0.5) is 11.8 Å². The third-order valence-corrected chi connectivity index (χ3v) is 7.39. The summed E-state index contributed by atoms with van der Waals surface area (Å²) in [6.45, 7) is 3.62. The summed E-state index contributed by atoms with van der Waals surface area (Å²) in [4.78, 5) is 24.4. The van der Waals surface area contributed by atoms with Gasteiger partial charge in [-0.2, -0.15) is 16.7 Å².